The number of halogens is 3. The Morgan fingerprint density at radius 3 is 2.33 bits per heavy atom. The molecule has 2 aromatic heterocycles. The molecule has 0 unspecified atom stereocenters. The van der Waals surface area contributed by atoms with E-state index in [2.05, 4.69) is 5.32 Å². The van der Waals surface area contributed by atoms with Crippen LogP contribution in [-0.4, -0.2) is 56.1 Å². The smallest absolute Gasteiger partial charge is 0.383 e. The fourth-order valence-corrected chi connectivity index (χ4v) is 4.28. The number of hydrogen-bond donors (Lipinski definition) is 1. The van der Waals surface area contributed by atoms with Crippen LogP contribution in [0, 0.1) is 6.92 Å². The maximum atomic E-state index is 12.9. The molecule has 2 rings (SSSR count). The molecule has 0 radical (unpaired) electrons. The number of rotatable bonds is 11. The van der Waals surface area contributed by atoms with E-state index in [1.807, 2.05) is 0 Å². The van der Waals surface area contributed by atoms with Gasteiger partial charge in [0.15, 0.2) is 6.29 Å². The second-order valence-corrected chi connectivity index (χ2v) is 7.69. The molecule has 30 heavy (non-hydrogen) atoms. The topological polar surface area (TPSA) is 83.7 Å². The Kier molecular flexibility index (Phi) is 8.62. The summed E-state index contributed by atoms with van der Waals surface area (Å²) in [5.74, 6) is 0. The van der Waals surface area contributed by atoms with Gasteiger partial charge in [0.1, 0.15) is 4.83 Å². The highest BCUT2D eigenvalue weighted by Gasteiger charge is 2.28. The van der Waals surface area contributed by atoms with Crippen LogP contribution >= 0.6 is 11.3 Å². The van der Waals surface area contributed by atoms with Crippen LogP contribution in [0.4, 0.5) is 13.2 Å². The third kappa shape index (κ3) is 5.70. The van der Waals surface area contributed by atoms with Crippen molar-refractivity contribution < 1.29 is 27.4 Å². The predicted molar refractivity (Wildman–Crippen MR) is 107 cm³/mol. The number of aryl methyl sites for hydroxylation is 2. The van der Waals surface area contributed by atoms with Gasteiger partial charge in [-0.15, -0.1) is 11.3 Å². The molecule has 0 aromatic carbocycles. The average Bonchev–Trinajstić information content (AvgIpc) is 3.00. The van der Waals surface area contributed by atoms with Crippen LogP contribution in [0.5, 0.6) is 0 Å². The van der Waals surface area contributed by atoms with Gasteiger partial charge in [-0.25, -0.2) is 4.79 Å². The van der Waals surface area contributed by atoms with E-state index in [0.29, 0.717) is 18.7 Å². The van der Waals surface area contributed by atoms with Crippen molar-refractivity contribution in [3.05, 3.63) is 31.3 Å². The zero-order valence-electron chi connectivity index (χ0n) is 17.3. The second-order valence-electron chi connectivity index (χ2n) is 6.61. The largest absolute Gasteiger partial charge is 0.390 e. The highest BCUT2D eigenvalue weighted by atomic mass is 32.1. The Labute approximate surface area is 175 Å². The molecule has 0 saturated heterocycles. The summed E-state index contributed by atoms with van der Waals surface area (Å²) in [6, 6.07) is 0. The highest BCUT2D eigenvalue weighted by molar-refractivity contribution is 7.18. The molecule has 170 valence electrons. The van der Waals surface area contributed by atoms with Crippen LogP contribution in [0.25, 0.3) is 10.2 Å². The van der Waals surface area contributed by atoms with Gasteiger partial charge >= 0.3 is 11.9 Å². The highest BCUT2D eigenvalue weighted by Crippen LogP contribution is 2.29. The van der Waals surface area contributed by atoms with E-state index in [1.54, 1.807) is 6.92 Å². The number of nitrogens with zero attached hydrogens (tertiary/aromatic N) is 2. The minimum absolute atomic E-state index is 0.0393. The van der Waals surface area contributed by atoms with Crippen molar-refractivity contribution in [1.82, 2.24) is 14.5 Å². The zero-order valence-corrected chi connectivity index (χ0v) is 18.1. The van der Waals surface area contributed by atoms with E-state index in [0.717, 1.165) is 25.3 Å². The molecular weight excluding hydrogens is 427 g/mol. The predicted octanol–water partition coefficient (Wildman–Crippen LogP) is 1.84. The molecule has 2 heterocycles. The molecule has 0 aliphatic heterocycles. The average molecular weight is 453 g/mol. The van der Waals surface area contributed by atoms with Gasteiger partial charge in [0, 0.05) is 45.8 Å². The van der Waals surface area contributed by atoms with Gasteiger partial charge in [-0.1, -0.05) is 0 Å². The summed E-state index contributed by atoms with van der Waals surface area (Å²) in [7, 11) is 4.42. The fourth-order valence-electron chi connectivity index (χ4n) is 2.99. The summed E-state index contributed by atoms with van der Waals surface area (Å²) in [5, 5.41) is 3.38. The minimum atomic E-state index is -4.43. The molecule has 0 spiro atoms. The van der Waals surface area contributed by atoms with E-state index >= 15 is 0 Å². The third-order valence-electron chi connectivity index (χ3n) is 4.65. The third-order valence-corrected chi connectivity index (χ3v) is 5.97. The van der Waals surface area contributed by atoms with E-state index in [9.17, 15) is 22.8 Å². The first-order valence-electron chi connectivity index (χ1n) is 9.22. The van der Waals surface area contributed by atoms with E-state index < -0.39 is 36.7 Å². The maximum Gasteiger partial charge on any atom is 0.390 e. The lowest BCUT2D eigenvalue weighted by Crippen LogP contribution is -2.41. The van der Waals surface area contributed by atoms with E-state index in [1.165, 1.54) is 21.3 Å². The summed E-state index contributed by atoms with van der Waals surface area (Å²) in [6.07, 6.45) is -6.06. The lowest BCUT2D eigenvalue weighted by Gasteiger charge is -2.13. The zero-order chi connectivity index (χ0) is 22.5. The molecule has 2 aromatic rings. The van der Waals surface area contributed by atoms with Gasteiger partial charge in [0.25, 0.3) is 5.56 Å². The Morgan fingerprint density at radius 1 is 1.10 bits per heavy atom. The first kappa shape index (κ1) is 24.5. The first-order chi connectivity index (χ1) is 14.1. The standard InChI is InChI=1S/C18H26F3N3O5S/c1-11-12(9-22-10-13(28-3)29-4)30-16-14(11)15(25)23(7-8-27-2)17(26)24(16)6-5-18(19,20)21/h13,22H,5-10H2,1-4H3. The Hall–Kier alpha value is -1.73. The lowest BCUT2D eigenvalue weighted by atomic mass is 10.2. The Bertz CT molecular complexity index is 963. The van der Waals surface area contributed by atoms with Crippen molar-refractivity contribution in [3.63, 3.8) is 0 Å². The Morgan fingerprint density at radius 2 is 1.77 bits per heavy atom. The monoisotopic (exact) mass is 453 g/mol. The second kappa shape index (κ2) is 10.5. The number of methoxy groups -OCH3 is 3. The van der Waals surface area contributed by atoms with Gasteiger partial charge < -0.3 is 19.5 Å². The molecule has 0 saturated carbocycles. The SMILES string of the molecule is COCCn1c(=O)c2c(C)c(CNCC(OC)OC)sc2n(CCC(F)(F)F)c1=O. The summed E-state index contributed by atoms with van der Waals surface area (Å²) >= 11 is 1.14. The number of ether oxygens (including phenoxy) is 3. The van der Waals surface area contributed by atoms with Gasteiger partial charge in [0.2, 0.25) is 0 Å². The normalized spacial score (nSPS) is 12.4. The molecule has 0 fully saturated rings. The molecular formula is C18H26F3N3O5S. The van der Waals surface area contributed by atoms with Gasteiger partial charge in [-0.3, -0.25) is 13.9 Å². The van der Waals surface area contributed by atoms with Crippen LogP contribution < -0.4 is 16.6 Å². The summed E-state index contributed by atoms with van der Waals surface area (Å²) < 4.78 is 55.6. The fraction of sp³-hybridized carbons (Fsp3) is 0.667. The van der Waals surface area contributed by atoms with Crippen LogP contribution in [-0.2, 0) is 33.8 Å². The van der Waals surface area contributed by atoms with Crippen molar-refractivity contribution in [2.75, 3.05) is 34.5 Å². The molecule has 12 heteroatoms. The van der Waals surface area contributed by atoms with Crippen LogP contribution in [0.15, 0.2) is 9.59 Å². The van der Waals surface area contributed by atoms with Crippen LogP contribution in [0.1, 0.15) is 16.9 Å². The molecule has 0 aliphatic carbocycles. The van der Waals surface area contributed by atoms with Crippen molar-refractivity contribution in [2.24, 2.45) is 0 Å². The van der Waals surface area contributed by atoms with Crippen molar-refractivity contribution >= 4 is 21.6 Å². The van der Waals surface area contributed by atoms with E-state index in [4.69, 9.17) is 14.2 Å². The number of nitrogens with one attached hydrogen (secondary N) is 1. The summed E-state index contributed by atoms with van der Waals surface area (Å²) in [4.78, 5) is 26.7. The summed E-state index contributed by atoms with van der Waals surface area (Å²) in [5.41, 5.74) is -0.666. The van der Waals surface area contributed by atoms with Crippen LogP contribution in [0.3, 0.4) is 0 Å². The van der Waals surface area contributed by atoms with Gasteiger partial charge in [-0.05, 0) is 12.5 Å². The Balaban J connectivity index is 2.50. The van der Waals surface area contributed by atoms with Crippen molar-refractivity contribution in [2.45, 2.75) is 45.4 Å². The van der Waals surface area contributed by atoms with Crippen LogP contribution in [0.2, 0.25) is 0 Å². The molecule has 0 amide bonds. The first-order valence-corrected chi connectivity index (χ1v) is 10.0. The minimum Gasteiger partial charge on any atom is -0.383 e. The number of aromatic nitrogens is 2. The quantitative estimate of drug-likeness (QED) is 0.523. The summed E-state index contributed by atoms with van der Waals surface area (Å²) in [6.45, 7) is 1.93. The molecule has 0 atom stereocenters. The molecule has 8 nitrogen and oxygen atoms in total. The molecule has 0 bridgehead atoms. The number of thiophene rings is 1. The number of hydrogen-bond acceptors (Lipinski definition) is 7. The lowest BCUT2D eigenvalue weighted by molar-refractivity contribution is -0.136. The van der Waals surface area contributed by atoms with Gasteiger partial charge in [0.05, 0.1) is 25.0 Å². The molecule has 0 aliphatic rings. The van der Waals surface area contributed by atoms with Crippen molar-refractivity contribution in [1.29, 1.82) is 0 Å². The van der Waals surface area contributed by atoms with E-state index in [-0.39, 0.29) is 23.4 Å². The number of alkyl halides is 3. The van der Waals surface area contributed by atoms with Crippen molar-refractivity contribution in [3.8, 4) is 0 Å². The maximum absolute atomic E-state index is 12.9. The molecule has 1 N–H and O–H groups in total. The number of fused-ring (bicyclic) bond motifs is 1. The van der Waals surface area contributed by atoms with Gasteiger partial charge in [-0.2, -0.15) is 13.2 Å².